The number of nitrogens with one attached hydrogen (secondary N) is 1. The van der Waals surface area contributed by atoms with E-state index in [0.717, 1.165) is 18.8 Å². The maximum Gasteiger partial charge on any atom is 0.218 e. The van der Waals surface area contributed by atoms with E-state index in [0.29, 0.717) is 12.4 Å². The summed E-state index contributed by atoms with van der Waals surface area (Å²) in [6.45, 7) is 9.82. The van der Waals surface area contributed by atoms with Crippen molar-refractivity contribution in [3.8, 4) is 5.88 Å². The number of anilines is 1. The summed E-state index contributed by atoms with van der Waals surface area (Å²) in [5.74, 6) is 1.38. The molecule has 5 nitrogen and oxygen atoms in total. The predicted octanol–water partition coefficient (Wildman–Crippen LogP) is 2.05. The second kappa shape index (κ2) is 6.54. The highest BCUT2D eigenvalue weighted by Gasteiger charge is 2.16. The molecule has 0 spiro atoms. The van der Waals surface area contributed by atoms with Crippen molar-refractivity contribution in [1.82, 2.24) is 9.97 Å². The standard InChI is InChI=1S/C13H24N4O/c1-10(2)18-12-7-11(16-9-17-12)15-8-13(3,4)5-6-14/h7,9-10H,5-6,8,14H2,1-4H3,(H,15,16,17). The number of hydrogen-bond acceptors (Lipinski definition) is 5. The molecular weight excluding hydrogens is 228 g/mol. The van der Waals surface area contributed by atoms with Crippen molar-refractivity contribution in [3.63, 3.8) is 0 Å². The molecule has 0 radical (unpaired) electrons. The van der Waals surface area contributed by atoms with E-state index in [1.54, 1.807) is 0 Å². The summed E-state index contributed by atoms with van der Waals surface area (Å²) in [5, 5.41) is 3.30. The quantitative estimate of drug-likeness (QED) is 0.777. The van der Waals surface area contributed by atoms with Crippen LogP contribution in [0.1, 0.15) is 34.1 Å². The maximum atomic E-state index is 5.59. The third-order valence-electron chi connectivity index (χ3n) is 2.57. The fourth-order valence-electron chi connectivity index (χ4n) is 1.55. The molecule has 0 unspecified atom stereocenters. The third-order valence-corrected chi connectivity index (χ3v) is 2.57. The highest BCUT2D eigenvalue weighted by atomic mass is 16.5. The Hall–Kier alpha value is -1.36. The summed E-state index contributed by atoms with van der Waals surface area (Å²) < 4.78 is 5.52. The molecule has 0 aromatic carbocycles. The van der Waals surface area contributed by atoms with Crippen LogP contribution in [0.2, 0.25) is 0 Å². The van der Waals surface area contributed by atoms with Gasteiger partial charge < -0.3 is 15.8 Å². The summed E-state index contributed by atoms with van der Waals surface area (Å²) >= 11 is 0. The molecule has 0 saturated heterocycles. The molecule has 1 aromatic rings. The van der Waals surface area contributed by atoms with E-state index in [9.17, 15) is 0 Å². The van der Waals surface area contributed by atoms with Gasteiger partial charge in [0.25, 0.3) is 0 Å². The molecule has 102 valence electrons. The van der Waals surface area contributed by atoms with Crippen LogP contribution in [0.25, 0.3) is 0 Å². The van der Waals surface area contributed by atoms with Gasteiger partial charge in [-0.2, -0.15) is 0 Å². The SMILES string of the molecule is CC(C)Oc1cc(NCC(C)(C)CCN)ncn1. The van der Waals surface area contributed by atoms with Gasteiger partial charge in [-0.1, -0.05) is 13.8 Å². The molecule has 0 fully saturated rings. The van der Waals surface area contributed by atoms with Crippen LogP contribution in [0, 0.1) is 5.41 Å². The van der Waals surface area contributed by atoms with E-state index < -0.39 is 0 Å². The van der Waals surface area contributed by atoms with Gasteiger partial charge in [0.2, 0.25) is 5.88 Å². The van der Waals surface area contributed by atoms with Gasteiger partial charge in [-0.3, -0.25) is 0 Å². The summed E-state index contributed by atoms with van der Waals surface area (Å²) in [7, 11) is 0. The molecule has 0 aliphatic rings. The topological polar surface area (TPSA) is 73.1 Å². The van der Waals surface area contributed by atoms with Crippen molar-refractivity contribution < 1.29 is 4.74 Å². The molecule has 5 heteroatoms. The van der Waals surface area contributed by atoms with Crippen LogP contribution in [0.4, 0.5) is 5.82 Å². The lowest BCUT2D eigenvalue weighted by atomic mass is 9.89. The Bertz CT molecular complexity index is 366. The van der Waals surface area contributed by atoms with Gasteiger partial charge in [0, 0.05) is 12.6 Å². The summed E-state index contributed by atoms with van der Waals surface area (Å²) in [6.07, 6.45) is 2.59. The number of hydrogen-bond donors (Lipinski definition) is 2. The van der Waals surface area contributed by atoms with Crippen LogP contribution < -0.4 is 15.8 Å². The average molecular weight is 252 g/mol. The van der Waals surface area contributed by atoms with Crippen molar-refractivity contribution in [2.45, 2.75) is 40.2 Å². The van der Waals surface area contributed by atoms with Crippen LogP contribution in [0.3, 0.4) is 0 Å². The first-order valence-electron chi connectivity index (χ1n) is 6.35. The summed E-state index contributed by atoms with van der Waals surface area (Å²) in [6, 6.07) is 1.82. The van der Waals surface area contributed by atoms with Gasteiger partial charge in [-0.15, -0.1) is 0 Å². The minimum atomic E-state index is 0.112. The first-order chi connectivity index (χ1) is 8.43. The smallest absolute Gasteiger partial charge is 0.218 e. The molecule has 0 aliphatic carbocycles. The van der Waals surface area contributed by atoms with E-state index in [1.807, 2.05) is 19.9 Å². The normalized spacial score (nSPS) is 11.7. The Morgan fingerprint density at radius 1 is 1.39 bits per heavy atom. The fraction of sp³-hybridized carbons (Fsp3) is 0.692. The van der Waals surface area contributed by atoms with Crippen molar-refractivity contribution in [3.05, 3.63) is 12.4 Å². The highest BCUT2D eigenvalue weighted by molar-refractivity contribution is 5.37. The fourth-order valence-corrected chi connectivity index (χ4v) is 1.55. The number of aromatic nitrogens is 2. The minimum Gasteiger partial charge on any atom is -0.475 e. The zero-order valence-corrected chi connectivity index (χ0v) is 11.7. The Kier molecular flexibility index (Phi) is 5.34. The van der Waals surface area contributed by atoms with Gasteiger partial charge in [0.1, 0.15) is 12.1 Å². The second-order valence-electron chi connectivity index (χ2n) is 5.46. The Morgan fingerprint density at radius 2 is 2.11 bits per heavy atom. The lowest BCUT2D eigenvalue weighted by molar-refractivity contribution is 0.232. The molecular formula is C13H24N4O. The Labute approximate surface area is 109 Å². The third kappa shape index (κ3) is 5.31. The molecule has 18 heavy (non-hydrogen) atoms. The lowest BCUT2D eigenvalue weighted by Gasteiger charge is -2.24. The summed E-state index contributed by atoms with van der Waals surface area (Å²) in [5.41, 5.74) is 5.74. The zero-order valence-electron chi connectivity index (χ0n) is 11.7. The molecule has 1 aromatic heterocycles. The van der Waals surface area contributed by atoms with Gasteiger partial charge in [-0.25, -0.2) is 9.97 Å². The van der Waals surface area contributed by atoms with Crippen LogP contribution in [-0.4, -0.2) is 29.2 Å². The van der Waals surface area contributed by atoms with Crippen LogP contribution in [0.5, 0.6) is 5.88 Å². The number of ether oxygens (including phenoxy) is 1. The summed E-state index contributed by atoms with van der Waals surface area (Å²) in [4.78, 5) is 8.24. The molecule has 0 amide bonds. The largest absolute Gasteiger partial charge is 0.475 e. The maximum absolute atomic E-state index is 5.59. The molecule has 0 aliphatic heterocycles. The first kappa shape index (κ1) is 14.7. The van der Waals surface area contributed by atoms with E-state index in [-0.39, 0.29) is 11.5 Å². The molecule has 1 rings (SSSR count). The number of rotatable bonds is 7. The first-order valence-corrected chi connectivity index (χ1v) is 6.35. The number of nitrogens with two attached hydrogens (primary N) is 1. The molecule has 0 bridgehead atoms. The van der Waals surface area contributed by atoms with Crippen molar-refractivity contribution in [2.24, 2.45) is 11.1 Å². The van der Waals surface area contributed by atoms with Crippen molar-refractivity contribution in [2.75, 3.05) is 18.4 Å². The van der Waals surface area contributed by atoms with E-state index >= 15 is 0 Å². The van der Waals surface area contributed by atoms with E-state index in [1.165, 1.54) is 6.33 Å². The predicted molar refractivity (Wildman–Crippen MR) is 73.7 cm³/mol. The van der Waals surface area contributed by atoms with E-state index in [4.69, 9.17) is 10.5 Å². The minimum absolute atomic E-state index is 0.112. The Morgan fingerprint density at radius 3 is 2.72 bits per heavy atom. The van der Waals surface area contributed by atoms with Gasteiger partial charge in [-0.05, 0) is 32.2 Å². The van der Waals surface area contributed by atoms with Crippen LogP contribution in [-0.2, 0) is 0 Å². The van der Waals surface area contributed by atoms with Crippen LogP contribution >= 0.6 is 0 Å². The molecule has 0 saturated carbocycles. The highest BCUT2D eigenvalue weighted by Crippen LogP contribution is 2.20. The molecule has 0 atom stereocenters. The number of nitrogens with zero attached hydrogens (tertiary/aromatic N) is 2. The Balaban J connectivity index is 2.57. The van der Waals surface area contributed by atoms with E-state index in [2.05, 4.69) is 29.1 Å². The average Bonchev–Trinajstić information content (AvgIpc) is 2.26. The zero-order chi connectivity index (χ0) is 13.6. The van der Waals surface area contributed by atoms with Crippen molar-refractivity contribution >= 4 is 5.82 Å². The van der Waals surface area contributed by atoms with Gasteiger partial charge >= 0.3 is 0 Å². The van der Waals surface area contributed by atoms with Gasteiger partial charge in [0.05, 0.1) is 6.10 Å². The molecule has 3 N–H and O–H groups in total. The van der Waals surface area contributed by atoms with Crippen molar-refractivity contribution in [1.29, 1.82) is 0 Å². The second-order valence-corrected chi connectivity index (χ2v) is 5.46. The monoisotopic (exact) mass is 252 g/mol. The molecule has 1 heterocycles. The lowest BCUT2D eigenvalue weighted by Crippen LogP contribution is -2.26. The van der Waals surface area contributed by atoms with Crippen LogP contribution in [0.15, 0.2) is 12.4 Å². The van der Waals surface area contributed by atoms with Gasteiger partial charge in [0.15, 0.2) is 0 Å².